The molecule has 0 bridgehead atoms. The molecule has 0 unspecified atom stereocenters. The summed E-state index contributed by atoms with van der Waals surface area (Å²) in [4.78, 5) is 12.5. The smallest absolute Gasteiger partial charge is 0.324 e. The van der Waals surface area contributed by atoms with Gasteiger partial charge in [-0.05, 0) is 46.6 Å². The lowest BCUT2D eigenvalue weighted by Gasteiger charge is -2.26. The lowest BCUT2D eigenvalue weighted by molar-refractivity contribution is -0.159. The Balaban J connectivity index is 2.74. The predicted molar refractivity (Wildman–Crippen MR) is 94.8 cm³/mol. The van der Waals surface area contributed by atoms with Crippen LogP contribution in [0.15, 0.2) is 30.3 Å². The summed E-state index contributed by atoms with van der Waals surface area (Å²) in [7, 11) is 0. The second-order valence-electron chi connectivity index (χ2n) is 6.52. The Morgan fingerprint density at radius 1 is 1.08 bits per heavy atom. The van der Waals surface area contributed by atoms with Gasteiger partial charge in [0.15, 0.2) is 6.29 Å². The molecule has 0 aliphatic carbocycles. The van der Waals surface area contributed by atoms with Gasteiger partial charge < -0.3 is 14.2 Å². The Hall–Kier alpha value is -1.43. The number of rotatable bonds is 10. The molecule has 5 heteroatoms. The summed E-state index contributed by atoms with van der Waals surface area (Å²) in [6.45, 7) is 11.0. The minimum atomic E-state index is -0.521. The Morgan fingerprint density at radius 2 is 1.67 bits per heavy atom. The van der Waals surface area contributed by atoms with E-state index in [9.17, 15) is 4.79 Å². The number of benzene rings is 1. The van der Waals surface area contributed by atoms with Crippen LogP contribution in [-0.2, 0) is 25.4 Å². The van der Waals surface area contributed by atoms with Crippen molar-refractivity contribution in [2.45, 2.75) is 59.0 Å². The maximum absolute atomic E-state index is 12.5. The molecule has 0 aliphatic rings. The quantitative estimate of drug-likeness (QED) is 0.525. The molecule has 0 aromatic heterocycles. The Bertz CT molecular complexity index is 464. The molecule has 0 aliphatic heterocycles. The van der Waals surface area contributed by atoms with E-state index in [0.29, 0.717) is 26.2 Å². The molecular weight excluding hydrogens is 306 g/mol. The van der Waals surface area contributed by atoms with Gasteiger partial charge in [-0.3, -0.25) is 10.1 Å². The number of carbonyl (C=O) groups excluding carboxylic acids is 1. The third kappa shape index (κ3) is 8.43. The van der Waals surface area contributed by atoms with Crippen LogP contribution in [0.5, 0.6) is 0 Å². The molecule has 1 rings (SSSR count). The molecule has 0 fully saturated rings. The summed E-state index contributed by atoms with van der Waals surface area (Å²) >= 11 is 0. The highest BCUT2D eigenvalue weighted by Gasteiger charge is 2.26. The number of nitrogens with one attached hydrogen (secondary N) is 1. The first-order chi connectivity index (χ1) is 11.4. The number of hydrogen-bond donors (Lipinski definition) is 1. The topological polar surface area (TPSA) is 56.8 Å². The van der Waals surface area contributed by atoms with Gasteiger partial charge in [-0.15, -0.1) is 0 Å². The Labute approximate surface area is 145 Å². The van der Waals surface area contributed by atoms with Gasteiger partial charge in [-0.1, -0.05) is 30.3 Å². The average Bonchev–Trinajstić information content (AvgIpc) is 2.51. The fourth-order valence-electron chi connectivity index (χ4n) is 2.24. The number of esters is 1. The maximum atomic E-state index is 12.5. The maximum Gasteiger partial charge on any atom is 0.324 e. The highest BCUT2D eigenvalue weighted by Crippen LogP contribution is 2.12. The molecule has 1 N–H and O–H groups in total. The van der Waals surface area contributed by atoms with Crippen LogP contribution in [0.3, 0.4) is 0 Å². The molecule has 0 amide bonds. The first kappa shape index (κ1) is 20.6. The van der Waals surface area contributed by atoms with Gasteiger partial charge in [0.1, 0.15) is 11.6 Å². The molecule has 24 heavy (non-hydrogen) atoms. The first-order valence-corrected chi connectivity index (χ1v) is 8.59. The summed E-state index contributed by atoms with van der Waals surface area (Å²) in [5.41, 5.74) is 0.553. The zero-order valence-electron chi connectivity index (χ0n) is 15.5. The molecule has 1 aromatic rings. The molecule has 0 spiro atoms. The largest absolute Gasteiger partial charge is 0.459 e. The standard InChI is InChI=1S/C19H31NO4/c1-6-22-17(23-7-2)14-20-16(18(21)24-19(3,4)5)13-15-11-9-8-10-12-15/h8-12,16-17,20H,6-7,13-14H2,1-5H3/t16-/m0/s1. The fourth-order valence-corrected chi connectivity index (χ4v) is 2.24. The molecule has 0 heterocycles. The van der Waals surface area contributed by atoms with Gasteiger partial charge >= 0.3 is 5.97 Å². The third-order valence-corrected chi connectivity index (χ3v) is 3.21. The van der Waals surface area contributed by atoms with Crippen molar-refractivity contribution in [2.75, 3.05) is 19.8 Å². The minimum absolute atomic E-state index is 0.266. The number of ether oxygens (including phenoxy) is 3. The predicted octanol–water partition coefficient (Wildman–Crippen LogP) is 2.93. The monoisotopic (exact) mass is 337 g/mol. The van der Waals surface area contributed by atoms with Crippen molar-refractivity contribution in [2.24, 2.45) is 0 Å². The van der Waals surface area contributed by atoms with E-state index < -0.39 is 11.6 Å². The molecule has 1 aromatic carbocycles. The zero-order valence-corrected chi connectivity index (χ0v) is 15.5. The van der Waals surface area contributed by atoms with Crippen LogP contribution in [0, 0.1) is 0 Å². The lowest BCUT2D eigenvalue weighted by atomic mass is 10.1. The van der Waals surface area contributed by atoms with Crippen molar-refractivity contribution < 1.29 is 19.0 Å². The van der Waals surface area contributed by atoms with Crippen molar-refractivity contribution in [3.63, 3.8) is 0 Å². The fraction of sp³-hybridized carbons (Fsp3) is 0.632. The van der Waals surface area contributed by atoms with Gasteiger partial charge in [-0.25, -0.2) is 0 Å². The zero-order chi connectivity index (χ0) is 18.0. The highest BCUT2D eigenvalue weighted by atomic mass is 16.7. The van der Waals surface area contributed by atoms with Crippen LogP contribution < -0.4 is 5.32 Å². The second-order valence-corrected chi connectivity index (χ2v) is 6.52. The number of carbonyl (C=O) groups is 1. The van der Waals surface area contributed by atoms with Gasteiger partial charge in [0.2, 0.25) is 0 Å². The van der Waals surface area contributed by atoms with E-state index in [0.717, 1.165) is 5.56 Å². The van der Waals surface area contributed by atoms with Crippen LogP contribution in [0.25, 0.3) is 0 Å². The van der Waals surface area contributed by atoms with Crippen LogP contribution in [0.1, 0.15) is 40.2 Å². The SMILES string of the molecule is CCOC(CN[C@@H](Cc1ccccc1)C(=O)OC(C)(C)C)OCC. The van der Waals surface area contributed by atoms with Gasteiger partial charge in [0, 0.05) is 19.8 Å². The Morgan fingerprint density at radius 3 is 2.17 bits per heavy atom. The summed E-state index contributed by atoms with van der Waals surface area (Å²) < 4.78 is 16.6. The summed E-state index contributed by atoms with van der Waals surface area (Å²) in [5, 5.41) is 3.24. The molecule has 1 atom stereocenters. The average molecular weight is 337 g/mol. The first-order valence-electron chi connectivity index (χ1n) is 8.59. The summed E-state index contributed by atoms with van der Waals surface area (Å²) in [6, 6.07) is 9.44. The third-order valence-electron chi connectivity index (χ3n) is 3.21. The Kier molecular flexibility index (Phi) is 8.97. The van der Waals surface area contributed by atoms with Crippen LogP contribution in [-0.4, -0.2) is 43.7 Å². The molecule has 0 radical (unpaired) electrons. The van der Waals surface area contributed by atoms with Crippen LogP contribution in [0.2, 0.25) is 0 Å². The van der Waals surface area contributed by atoms with Crippen molar-refractivity contribution in [1.29, 1.82) is 0 Å². The van der Waals surface area contributed by atoms with E-state index in [1.54, 1.807) is 0 Å². The van der Waals surface area contributed by atoms with Gasteiger partial charge in [0.05, 0.1) is 0 Å². The van der Waals surface area contributed by atoms with Crippen LogP contribution in [0.4, 0.5) is 0 Å². The van der Waals surface area contributed by atoms with E-state index in [4.69, 9.17) is 14.2 Å². The normalized spacial score (nSPS) is 13.1. The molecule has 0 saturated heterocycles. The number of hydrogen-bond acceptors (Lipinski definition) is 5. The minimum Gasteiger partial charge on any atom is -0.459 e. The second kappa shape index (κ2) is 10.4. The van der Waals surface area contributed by atoms with Crippen molar-refractivity contribution in [1.82, 2.24) is 5.32 Å². The van der Waals surface area contributed by atoms with E-state index in [2.05, 4.69) is 5.32 Å². The van der Waals surface area contributed by atoms with E-state index in [-0.39, 0.29) is 12.3 Å². The van der Waals surface area contributed by atoms with Gasteiger partial charge in [-0.2, -0.15) is 0 Å². The molecule has 136 valence electrons. The molecule has 0 saturated carbocycles. The van der Waals surface area contributed by atoms with Crippen LogP contribution >= 0.6 is 0 Å². The van der Waals surface area contributed by atoms with Crippen molar-refractivity contribution >= 4 is 5.97 Å². The summed E-state index contributed by atoms with van der Waals surface area (Å²) in [5.74, 6) is -0.266. The van der Waals surface area contributed by atoms with Crippen molar-refractivity contribution in [3.8, 4) is 0 Å². The molecule has 5 nitrogen and oxygen atoms in total. The van der Waals surface area contributed by atoms with Crippen molar-refractivity contribution in [3.05, 3.63) is 35.9 Å². The lowest BCUT2D eigenvalue weighted by Crippen LogP contribution is -2.46. The van der Waals surface area contributed by atoms with E-state index >= 15 is 0 Å². The summed E-state index contributed by atoms with van der Waals surface area (Å²) in [6.07, 6.45) is 0.182. The molecular formula is C19H31NO4. The van der Waals surface area contributed by atoms with E-state index in [1.165, 1.54) is 0 Å². The highest BCUT2D eigenvalue weighted by molar-refractivity contribution is 5.76. The van der Waals surface area contributed by atoms with Gasteiger partial charge in [0.25, 0.3) is 0 Å². The van der Waals surface area contributed by atoms with E-state index in [1.807, 2.05) is 65.0 Å².